The van der Waals surface area contributed by atoms with Crippen molar-refractivity contribution in [1.82, 2.24) is 5.01 Å². The molecule has 0 fully saturated rings. The zero-order valence-corrected chi connectivity index (χ0v) is 12.4. The van der Waals surface area contributed by atoms with E-state index in [0.29, 0.717) is 6.42 Å². The smallest absolute Gasteiger partial charge is 0.163 e. The van der Waals surface area contributed by atoms with Gasteiger partial charge >= 0.3 is 0 Å². The van der Waals surface area contributed by atoms with Crippen LogP contribution in [0.1, 0.15) is 28.3 Å². The molecule has 0 radical (unpaired) electrons. The molecule has 0 aliphatic rings. The predicted molar refractivity (Wildman–Crippen MR) is 86.8 cm³/mol. The van der Waals surface area contributed by atoms with E-state index in [1.54, 1.807) is 5.01 Å². The second kappa shape index (κ2) is 7.39. The van der Waals surface area contributed by atoms with Gasteiger partial charge in [-0.05, 0) is 5.56 Å². The first-order valence-corrected chi connectivity index (χ1v) is 7.01. The highest BCUT2D eigenvalue weighted by Gasteiger charge is 2.15. The van der Waals surface area contributed by atoms with E-state index in [2.05, 4.69) is 5.10 Å². The monoisotopic (exact) mass is 280 g/mol. The number of benzene rings is 2. The molecule has 0 heterocycles. The second-order valence-corrected chi connectivity index (χ2v) is 5.12. The molecule has 1 atom stereocenters. The summed E-state index contributed by atoms with van der Waals surface area (Å²) in [7, 11) is 3.75. The van der Waals surface area contributed by atoms with Crippen LogP contribution in [0.4, 0.5) is 0 Å². The van der Waals surface area contributed by atoms with Gasteiger partial charge in [0.25, 0.3) is 0 Å². The maximum atomic E-state index is 12.4. The number of hydrogen-bond donors (Lipinski definition) is 0. The van der Waals surface area contributed by atoms with Crippen LogP contribution in [0.3, 0.4) is 0 Å². The Kier molecular flexibility index (Phi) is 5.27. The van der Waals surface area contributed by atoms with Crippen molar-refractivity contribution in [2.24, 2.45) is 5.10 Å². The quantitative estimate of drug-likeness (QED) is 0.460. The van der Waals surface area contributed by atoms with Gasteiger partial charge in [-0.1, -0.05) is 60.7 Å². The van der Waals surface area contributed by atoms with Crippen LogP contribution in [0, 0.1) is 0 Å². The van der Waals surface area contributed by atoms with Gasteiger partial charge < -0.3 is 5.01 Å². The lowest BCUT2D eigenvalue weighted by atomic mass is 9.92. The molecule has 3 nitrogen and oxygen atoms in total. The van der Waals surface area contributed by atoms with Crippen LogP contribution in [0.15, 0.2) is 65.8 Å². The number of carbonyl (C=O) groups is 1. The lowest BCUT2D eigenvalue weighted by Gasteiger charge is -2.13. The van der Waals surface area contributed by atoms with Gasteiger partial charge in [-0.3, -0.25) is 4.79 Å². The number of rotatable bonds is 6. The molecular weight excluding hydrogens is 260 g/mol. The molecule has 2 aromatic carbocycles. The Hall–Kier alpha value is -2.42. The standard InChI is InChI=1S/C18H20N2O/c1-20(2)19-14-17(15-9-5-3-6-10-15)13-18(21)16-11-7-4-8-12-16/h3-12,14,17H,13H2,1-2H3/b19-14+. The van der Waals surface area contributed by atoms with Crippen LogP contribution in [0.5, 0.6) is 0 Å². The number of ketones is 1. The SMILES string of the molecule is CN(C)/N=C/C(CC(=O)c1ccccc1)c1ccccc1. The van der Waals surface area contributed by atoms with Crippen molar-refractivity contribution in [2.75, 3.05) is 14.1 Å². The van der Waals surface area contributed by atoms with Crippen LogP contribution in [0.25, 0.3) is 0 Å². The first-order valence-electron chi connectivity index (χ1n) is 7.01. The Balaban J connectivity index is 2.18. The highest BCUT2D eigenvalue weighted by molar-refractivity contribution is 5.98. The summed E-state index contributed by atoms with van der Waals surface area (Å²) >= 11 is 0. The molecule has 0 spiro atoms. The first kappa shape index (κ1) is 15.0. The second-order valence-electron chi connectivity index (χ2n) is 5.12. The van der Waals surface area contributed by atoms with Gasteiger partial charge in [-0.2, -0.15) is 5.10 Å². The highest BCUT2D eigenvalue weighted by Crippen LogP contribution is 2.20. The van der Waals surface area contributed by atoms with E-state index in [1.807, 2.05) is 81.0 Å². The van der Waals surface area contributed by atoms with Gasteiger partial charge in [0.2, 0.25) is 0 Å². The summed E-state index contributed by atoms with van der Waals surface area (Å²) in [5.74, 6) is 0.121. The van der Waals surface area contributed by atoms with Gasteiger partial charge in [0, 0.05) is 38.2 Å². The van der Waals surface area contributed by atoms with Crippen LogP contribution in [0.2, 0.25) is 0 Å². The van der Waals surface area contributed by atoms with Crippen LogP contribution < -0.4 is 0 Å². The van der Waals surface area contributed by atoms with Crippen molar-refractivity contribution >= 4 is 12.0 Å². The predicted octanol–water partition coefficient (Wildman–Crippen LogP) is 3.59. The van der Waals surface area contributed by atoms with Gasteiger partial charge in [0.15, 0.2) is 5.78 Å². The molecule has 0 saturated carbocycles. The third-order valence-electron chi connectivity index (χ3n) is 3.21. The summed E-state index contributed by atoms with van der Waals surface area (Å²) in [5, 5.41) is 6.04. The third kappa shape index (κ3) is 4.56. The van der Waals surface area contributed by atoms with Gasteiger partial charge in [0.1, 0.15) is 0 Å². The molecule has 21 heavy (non-hydrogen) atoms. The fraction of sp³-hybridized carbons (Fsp3) is 0.222. The molecule has 0 bridgehead atoms. The molecule has 0 aliphatic heterocycles. The molecule has 1 unspecified atom stereocenters. The molecule has 0 aromatic heterocycles. The lowest BCUT2D eigenvalue weighted by molar-refractivity contribution is 0.0980. The van der Waals surface area contributed by atoms with Crippen LogP contribution >= 0.6 is 0 Å². The summed E-state index contributed by atoms with van der Waals surface area (Å²) in [6.07, 6.45) is 2.27. The molecule has 108 valence electrons. The summed E-state index contributed by atoms with van der Waals surface area (Å²) in [5.41, 5.74) is 1.85. The van der Waals surface area contributed by atoms with E-state index in [9.17, 15) is 4.79 Å². The summed E-state index contributed by atoms with van der Waals surface area (Å²) < 4.78 is 0. The van der Waals surface area contributed by atoms with Crippen LogP contribution in [-0.4, -0.2) is 31.1 Å². The van der Waals surface area contributed by atoms with Crippen molar-refractivity contribution in [3.8, 4) is 0 Å². The summed E-state index contributed by atoms with van der Waals surface area (Å²) in [6, 6.07) is 19.4. The summed E-state index contributed by atoms with van der Waals surface area (Å²) in [4.78, 5) is 12.4. The van der Waals surface area contributed by atoms with Crippen molar-refractivity contribution in [1.29, 1.82) is 0 Å². The first-order chi connectivity index (χ1) is 10.2. The van der Waals surface area contributed by atoms with Crippen molar-refractivity contribution in [3.63, 3.8) is 0 Å². The zero-order chi connectivity index (χ0) is 15.1. The Morgan fingerprint density at radius 3 is 2.19 bits per heavy atom. The highest BCUT2D eigenvalue weighted by atomic mass is 16.1. The van der Waals surface area contributed by atoms with Gasteiger partial charge in [-0.25, -0.2) is 0 Å². The minimum absolute atomic E-state index is 0.0127. The minimum atomic E-state index is -0.0127. The van der Waals surface area contributed by atoms with Crippen molar-refractivity contribution < 1.29 is 4.79 Å². The van der Waals surface area contributed by atoms with E-state index in [4.69, 9.17) is 0 Å². The Labute approximate surface area is 125 Å². The molecular formula is C18H20N2O. The van der Waals surface area contributed by atoms with E-state index >= 15 is 0 Å². The van der Waals surface area contributed by atoms with E-state index in [0.717, 1.165) is 11.1 Å². The van der Waals surface area contributed by atoms with Crippen molar-refractivity contribution in [3.05, 3.63) is 71.8 Å². The Morgan fingerprint density at radius 2 is 1.62 bits per heavy atom. The maximum absolute atomic E-state index is 12.4. The fourth-order valence-electron chi connectivity index (χ4n) is 2.11. The third-order valence-corrected chi connectivity index (χ3v) is 3.21. The average Bonchev–Trinajstić information content (AvgIpc) is 2.52. The lowest BCUT2D eigenvalue weighted by Crippen LogP contribution is -2.11. The Morgan fingerprint density at radius 1 is 1.05 bits per heavy atom. The van der Waals surface area contributed by atoms with Gasteiger partial charge in [0.05, 0.1) is 0 Å². The van der Waals surface area contributed by atoms with E-state index in [-0.39, 0.29) is 11.7 Å². The molecule has 2 aromatic rings. The topological polar surface area (TPSA) is 32.7 Å². The van der Waals surface area contributed by atoms with Crippen LogP contribution in [-0.2, 0) is 0 Å². The molecule has 0 amide bonds. The molecule has 0 saturated heterocycles. The number of hydrogen-bond acceptors (Lipinski definition) is 3. The Bertz CT molecular complexity index is 591. The normalized spacial score (nSPS) is 12.3. The zero-order valence-electron chi connectivity index (χ0n) is 12.4. The number of nitrogens with zero attached hydrogens (tertiary/aromatic N) is 2. The van der Waals surface area contributed by atoms with E-state index < -0.39 is 0 Å². The number of hydrazone groups is 1. The van der Waals surface area contributed by atoms with E-state index in [1.165, 1.54) is 0 Å². The number of carbonyl (C=O) groups excluding carboxylic acids is 1. The number of Topliss-reactive ketones (excluding diaryl/α,β-unsaturated/α-hetero) is 1. The van der Waals surface area contributed by atoms with Crippen molar-refractivity contribution in [2.45, 2.75) is 12.3 Å². The fourth-order valence-corrected chi connectivity index (χ4v) is 2.11. The molecule has 3 heteroatoms. The molecule has 0 aliphatic carbocycles. The maximum Gasteiger partial charge on any atom is 0.163 e. The average molecular weight is 280 g/mol. The van der Waals surface area contributed by atoms with Gasteiger partial charge in [-0.15, -0.1) is 0 Å². The molecule has 2 rings (SSSR count). The molecule has 0 N–H and O–H groups in total. The minimum Gasteiger partial charge on any atom is -0.303 e. The summed E-state index contributed by atoms with van der Waals surface area (Å²) in [6.45, 7) is 0. The largest absolute Gasteiger partial charge is 0.303 e.